The summed E-state index contributed by atoms with van der Waals surface area (Å²) in [6.07, 6.45) is 1.52. The summed E-state index contributed by atoms with van der Waals surface area (Å²) in [5, 5.41) is 0. The summed E-state index contributed by atoms with van der Waals surface area (Å²) in [5.41, 5.74) is 8.04. The van der Waals surface area contributed by atoms with Gasteiger partial charge in [-0.25, -0.2) is 4.79 Å². The Morgan fingerprint density at radius 3 is 2.74 bits per heavy atom. The Kier molecular flexibility index (Phi) is 3.76. The third-order valence-corrected chi connectivity index (χ3v) is 3.35. The third kappa shape index (κ3) is 3.21. The number of aryl methyl sites for hydroxylation is 1. The predicted octanol–water partition coefficient (Wildman–Crippen LogP) is 3.72. The number of carbonyl (C=O) groups is 1. The third-order valence-electron chi connectivity index (χ3n) is 2.89. The van der Waals surface area contributed by atoms with E-state index in [1.807, 2.05) is 32.9 Å². The molecule has 1 aliphatic rings. The van der Waals surface area contributed by atoms with Gasteiger partial charge in [0.05, 0.1) is 11.4 Å². The predicted molar refractivity (Wildman–Crippen MR) is 80.5 cm³/mol. The van der Waals surface area contributed by atoms with Crippen LogP contribution in [0.25, 0.3) is 0 Å². The van der Waals surface area contributed by atoms with Crippen molar-refractivity contribution >= 4 is 33.4 Å². The van der Waals surface area contributed by atoms with E-state index in [9.17, 15) is 4.79 Å². The zero-order chi connectivity index (χ0) is 14.2. The molecule has 0 fully saturated rings. The van der Waals surface area contributed by atoms with Crippen LogP contribution in [0.15, 0.2) is 16.6 Å². The Balaban J connectivity index is 2.35. The molecular formula is C14H19BrN2O2. The van der Waals surface area contributed by atoms with Gasteiger partial charge in [0.2, 0.25) is 0 Å². The molecule has 5 heteroatoms. The smallest absolute Gasteiger partial charge is 0.414 e. The van der Waals surface area contributed by atoms with E-state index in [4.69, 9.17) is 10.5 Å². The van der Waals surface area contributed by atoms with Gasteiger partial charge in [-0.05, 0) is 51.3 Å². The highest BCUT2D eigenvalue weighted by Crippen LogP contribution is 2.36. The minimum atomic E-state index is -0.501. The van der Waals surface area contributed by atoms with E-state index >= 15 is 0 Å². The number of fused-ring (bicyclic) bond motifs is 1. The fourth-order valence-corrected chi connectivity index (χ4v) is 2.76. The summed E-state index contributed by atoms with van der Waals surface area (Å²) in [4.78, 5) is 13.9. The number of nitrogen functional groups attached to an aromatic ring is 1. The van der Waals surface area contributed by atoms with Crippen molar-refractivity contribution in [1.29, 1.82) is 0 Å². The number of carbonyl (C=O) groups excluding carboxylic acids is 1. The van der Waals surface area contributed by atoms with Crippen LogP contribution < -0.4 is 10.6 Å². The van der Waals surface area contributed by atoms with Crippen molar-refractivity contribution in [2.24, 2.45) is 0 Å². The maximum atomic E-state index is 12.3. The van der Waals surface area contributed by atoms with Crippen LogP contribution >= 0.6 is 15.9 Å². The molecule has 0 atom stereocenters. The zero-order valence-corrected chi connectivity index (χ0v) is 13.1. The highest BCUT2D eigenvalue weighted by Gasteiger charge is 2.28. The van der Waals surface area contributed by atoms with Gasteiger partial charge in [0, 0.05) is 11.0 Å². The first-order chi connectivity index (χ1) is 8.78. The van der Waals surface area contributed by atoms with Crippen molar-refractivity contribution in [2.45, 2.75) is 39.2 Å². The van der Waals surface area contributed by atoms with Gasteiger partial charge in [0.1, 0.15) is 5.60 Å². The molecule has 4 nitrogen and oxygen atoms in total. The van der Waals surface area contributed by atoms with E-state index in [1.165, 1.54) is 0 Å². The van der Waals surface area contributed by atoms with Crippen molar-refractivity contribution < 1.29 is 9.53 Å². The van der Waals surface area contributed by atoms with Gasteiger partial charge in [-0.3, -0.25) is 4.90 Å². The number of ether oxygens (including phenoxy) is 1. The molecule has 0 unspecified atom stereocenters. The minimum Gasteiger partial charge on any atom is -0.443 e. The van der Waals surface area contributed by atoms with Crippen LogP contribution in [0, 0.1) is 0 Å². The molecule has 0 bridgehead atoms. The van der Waals surface area contributed by atoms with E-state index in [2.05, 4.69) is 15.9 Å². The topological polar surface area (TPSA) is 55.6 Å². The van der Waals surface area contributed by atoms with Crippen molar-refractivity contribution in [3.05, 3.63) is 22.2 Å². The molecule has 1 aliphatic heterocycles. The summed E-state index contributed by atoms with van der Waals surface area (Å²) in [7, 11) is 0. The summed E-state index contributed by atoms with van der Waals surface area (Å²) >= 11 is 3.43. The van der Waals surface area contributed by atoms with Gasteiger partial charge in [-0.2, -0.15) is 0 Å². The summed E-state index contributed by atoms with van der Waals surface area (Å²) in [6.45, 7) is 6.23. The number of rotatable bonds is 0. The number of amides is 1. The van der Waals surface area contributed by atoms with E-state index in [0.717, 1.165) is 28.6 Å². The average molecular weight is 327 g/mol. The second kappa shape index (κ2) is 5.04. The fraction of sp³-hybridized carbons (Fsp3) is 0.500. The number of hydrogen-bond acceptors (Lipinski definition) is 3. The van der Waals surface area contributed by atoms with Crippen molar-refractivity contribution in [2.75, 3.05) is 17.2 Å². The van der Waals surface area contributed by atoms with Gasteiger partial charge in [-0.15, -0.1) is 0 Å². The molecule has 0 spiro atoms. The van der Waals surface area contributed by atoms with Crippen LogP contribution in [0.2, 0.25) is 0 Å². The Morgan fingerprint density at radius 1 is 1.42 bits per heavy atom. The minimum absolute atomic E-state index is 0.331. The molecule has 1 amide bonds. The standard InChI is InChI=1S/C14H19BrN2O2/c1-14(2,3)19-13(18)17-6-4-5-9-7-10(15)8-11(16)12(9)17/h7-8H,4-6,16H2,1-3H3. The van der Waals surface area contributed by atoms with E-state index in [1.54, 1.807) is 4.90 Å². The Hall–Kier alpha value is -1.23. The first kappa shape index (κ1) is 14.2. The second-order valence-corrected chi connectivity index (χ2v) is 6.65. The summed E-state index contributed by atoms with van der Waals surface area (Å²) < 4.78 is 6.38. The Bertz CT molecular complexity index is 509. The maximum absolute atomic E-state index is 12.3. The molecular weight excluding hydrogens is 308 g/mol. The molecule has 0 radical (unpaired) electrons. The van der Waals surface area contributed by atoms with E-state index < -0.39 is 5.60 Å². The molecule has 1 heterocycles. The first-order valence-corrected chi connectivity index (χ1v) is 7.15. The monoisotopic (exact) mass is 326 g/mol. The molecule has 0 aromatic heterocycles. The van der Waals surface area contributed by atoms with E-state index in [-0.39, 0.29) is 6.09 Å². The largest absolute Gasteiger partial charge is 0.443 e. The van der Waals surface area contributed by atoms with Crippen LogP contribution in [-0.4, -0.2) is 18.2 Å². The van der Waals surface area contributed by atoms with Crippen molar-refractivity contribution in [3.63, 3.8) is 0 Å². The number of nitrogens with two attached hydrogens (primary N) is 1. The highest BCUT2D eigenvalue weighted by atomic mass is 79.9. The number of anilines is 2. The van der Waals surface area contributed by atoms with Crippen molar-refractivity contribution in [1.82, 2.24) is 0 Å². The SMILES string of the molecule is CC(C)(C)OC(=O)N1CCCc2cc(Br)cc(N)c21. The fourth-order valence-electron chi connectivity index (χ4n) is 2.24. The van der Waals surface area contributed by atoms with Crippen LogP contribution in [-0.2, 0) is 11.2 Å². The van der Waals surface area contributed by atoms with Gasteiger partial charge in [0.15, 0.2) is 0 Å². The lowest BCUT2D eigenvalue weighted by molar-refractivity contribution is 0.0578. The lowest BCUT2D eigenvalue weighted by atomic mass is 10.0. The Morgan fingerprint density at radius 2 is 2.11 bits per heavy atom. The number of halogens is 1. The van der Waals surface area contributed by atoms with Crippen LogP contribution in [0.5, 0.6) is 0 Å². The Labute approximate surface area is 122 Å². The summed E-state index contributed by atoms with van der Waals surface area (Å²) in [5.74, 6) is 0. The number of hydrogen-bond donors (Lipinski definition) is 1. The second-order valence-electron chi connectivity index (χ2n) is 5.74. The molecule has 19 heavy (non-hydrogen) atoms. The van der Waals surface area contributed by atoms with Gasteiger partial charge >= 0.3 is 6.09 Å². The average Bonchev–Trinajstić information content (AvgIpc) is 2.25. The number of benzene rings is 1. The molecule has 2 rings (SSSR count). The van der Waals surface area contributed by atoms with Gasteiger partial charge in [-0.1, -0.05) is 15.9 Å². The van der Waals surface area contributed by atoms with Gasteiger partial charge < -0.3 is 10.5 Å². The molecule has 1 aromatic rings. The van der Waals surface area contributed by atoms with Crippen LogP contribution in [0.1, 0.15) is 32.8 Å². The van der Waals surface area contributed by atoms with E-state index in [0.29, 0.717) is 12.2 Å². The highest BCUT2D eigenvalue weighted by molar-refractivity contribution is 9.10. The molecule has 0 saturated carbocycles. The number of nitrogens with zero attached hydrogens (tertiary/aromatic N) is 1. The summed E-state index contributed by atoms with van der Waals surface area (Å²) in [6, 6.07) is 3.84. The lowest BCUT2D eigenvalue weighted by Gasteiger charge is -2.32. The molecule has 2 N–H and O–H groups in total. The maximum Gasteiger partial charge on any atom is 0.414 e. The van der Waals surface area contributed by atoms with Gasteiger partial charge in [0.25, 0.3) is 0 Å². The molecule has 104 valence electrons. The quantitative estimate of drug-likeness (QED) is 0.739. The molecule has 1 aromatic carbocycles. The molecule has 0 saturated heterocycles. The van der Waals surface area contributed by atoms with Crippen molar-refractivity contribution in [3.8, 4) is 0 Å². The first-order valence-electron chi connectivity index (χ1n) is 6.36. The zero-order valence-electron chi connectivity index (χ0n) is 11.5. The molecule has 0 aliphatic carbocycles. The normalized spacial score (nSPS) is 15.1. The lowest BCUT2D eigenvalue weighted by Crippen LogP contribution is -2.40. The van der Waals surface area contributed by atoms with Crippen LogP contribution in [0.3, 0.4) is 0 Å². The van der Waals surface area contributed by atoms with Crippen LogP contribution in [0.4, 0.5) is 16.2 Å².